The predicted octanol–water partition coefficient (Wildman–Crippen LogP) is -1.06. The van der Waals surface area contributed by atoms with Crippen LogP contribution >= 0.6 is 11.8 Å². The minimum absolute atomic E-state index is 0.0443. The molecule has 0 aromatic heterocycles. The Morgan fingerprint density at radius 3 is 2.80 bits per heavy atom. The van der Waals surface area contributed by atoms with Gasteiger partial charge in [0.2, 0.25) is 5.91 Å². The van der Waals surface area contributed by atoms with Crippen LogP contribution in [0.5, 0.6) is 0 Å². The summed E-state index contributed by atoms with van der Waals surface area (Å²) < 4.78 is 12.0. The number of piperidine rings is 1. The lowest BCUT2D eigenvalue weighted by Gasteiger charge is -2.42. The maximum absolute atomic E-state index is 13.0. The molecule has 9 unspecified atom stereocenters. The van der Waals surface area contributed by atoms with Crippen LogP contribution in [0.2, 0.25) is 0 Å². The van der Waals surface area contributed by atoms with Gasteiger partial charge in [0.05, 0.1) is 31.5 Å². The second-order valence-corrected chi connectivity index (χ2v) is 13.6. The second kappa shape index (κ2) is 11.7. The number of amides is 1. The highest BCUT2D eigenvalue weighted by molar-refractivity contribution is 8.01. The fourth-order valence-corrected chi connectivity index (χ4v) is 9.21. The number of hydrogen-bond donors (Lipinski definition) is 6. The number of carbonyl (C=O) groups excluding carboxylic acids is 2. The smallest absolute Gasteiger partial charge is 0.226 e. The second-order valence-electron chi connectivity index (χ2n) is 12.4. The topological polar surface area (TPSA) is 151 Å². The number of morpholine rings is 1. The van der Waals surface area contributed by atoms with Crippen LogP contribution in [-0.2, 0) is 23.9 Å². The number of allylic oxidation sites excluding steroid dienone is 1. The van der Waals surface area contributed by atoms with Gasteiger partial charge in [-0.15, -0.1) is 11.8 Å². The van der Waals surface area contributed by atoms with Crippen molar-refractivity contribution < 1.29 is 23.9 Å². The fraction of sp³-hybridized carbons (Fsp3) is 0.852. The molecule has 222 valence electrons. The zero-order chi connectivity index (χ0) is 27.2. The van der Waals surface area contributed by atoms with E-state index in [0.717, 1.165) is 44.5 Å². The number of nitrogens with zero attached hydrogens (tertiary/aromatic N) is 1. The number of nitrogens with one attached hydrogen (secondary N) is 5. The summed E-state index contributed by atoms with van der Waals surface area (Å²) in [4.78, 5) is 34.0. The Labute approximate surface area is 239 Å². The van der Waals surface area contributed by atoms with Gasteiger partial charge in [-0.25, -0.2) is 0 Å². The van der Waals surface area contributed by atoms with Crippen molar-refractivity contribution in [3.63, 3.8) is 0 Å². The van der Waals surface area contributed by atoms with Gasteiger partial charge in [-0.05, 0) is 25.2 Å². The fourth-order valence-electron chi connectivity index (χ4n) is 7.68. The number of nitrogens with two attached hydrogens (primary N) is 1. The third-order valence-corrected chi connectivity index (χ3v) is 11.3. The van der Waals surface area contributed by atoms with E-state index >= 15 is 0 Å². The molecule has 7 rings (SSSR count). The van der Waals surface area contributed by atoms with Crippen molar-refractivity contribution in [3.05, 3.63) is 12.0 Å². The Hall–Kier alpha value is -1.45. The van der Waals surface area contributed by atoms with Crippen molar-refractivity contribution in [1.82, 2.24) is 31.6 Å². The number of fused-ring (bicyclic) bond motifs is 2. The van der Waals surface area contributed by atoms with Crippen LogP contribution in [0, 0.1) is 17.8 Å². The molecule has 1 amide bonds. The summed E-state index contributed by atoms with van der Waals surface area (Å²) >= 11 is 1.68. The molecule has 5 saturated heterocycles. The van der Waals surface area contributed by atoms with Crippen molar-refractivity contribution in [2.24, 2.45) is 23.5 Å². The first-order chi connectivity index (χ1) is 19.5. The van der Waals surface area contributed by atoms with Crippen molar-refractivity contribution in [2.45, 2.75) is 86.6 Å². The van der Waals surface area contributed by atoms with Gasteiger partial charge in [0.15, 0.2) is 11.7 Å². The van der Waals surface area contributed by atoms with E-state index in [2.05, 4.69) is 31.6 Å². The monoisotopic (exact) mass is 577 g/mol. The Morgan fingerprint density at radius 2 is 1.95 bits per heavy atom. The Balaban J connectivity index is 0.985. The minimum atomic E-state index is -0.259. The quantitative estimate of drug-likeness (QED) is 0.228. The summed E-state index contributed by atoms with van der Waals surface area (Å²) in [6, 6.07) is 0.513. The highest BCUT2D eigenvalue weighted by atomic mass is 32.2. The van der Waals surface area contributed by atoms with Crippen LogP contribution < -0.4 is 32.5 Å². The first kappa shape index (κ1) is 27.4. The normalized spacial score (nSPS) is 45.5. The number of rotatable bonds is 6. The van der Waals surface area contributed by atoms with Crippen molar-refractivity contribution in [2.75, 3.05) is 38.6 Å². The van der Waals surface area contributed by atoms with Gasteiger partial charge in [0.1, 0.15) is 17.6 Å². The zero-order valence-corrected chi connectivity index (χ0v) is 23.7. The lowest BCUT2D eigenvalue weighted by atomic mass is 9.83. The Kier molecular flexibility index (Phi) is 7.99. The summed E-state index contributed by atoms with van der Waals surface area (Å²) in [6.07, 6.45) is 7.27. The summed E-state index contributed by atoms with van der Waals surface area (Å²) in [5.41, 5.74) is 9.68. The lowest BCUT2D eigenvalue weighted by Crippen LogP contribution is -2.66. The molecule has 6 fully saturated rings. The minimum Gasteiger partial charge on any atom is -0.474 e. The predicted molar refractivity (Wildman–Crippen MR) is 148 cm³/mol. The van der Waals surface area contributed by atoms with Gasteiger partial charge in [0, 0.05) is 61.9 Å². The maximum atomic E-state index is 13.0. The van der Waals surface area contributed by atoms with E-state index in [-0.39, 0.29) is 71.4 Å². The first-order valence-corrected chi connectivity index (χ1v) is 16.2. The van der Waals surface area contributed by atoms with Crippen LogP contribution in [0.3, 0.4) is 0 Å². The maximum Gasteiger partial charge on any atom is 0.226 e. The number of carbonyl (C=O) groups is 2. The van der Waals surface area contributed by atoms with Gasteiger partial charge < -0.3 is 25.4 Å². The first-order valence-electron chi connectivity index (χ1n) is 15.1. The number of ketones is 1. The molecule has 0 aromatic rings. The summed E-state index contributed by atoms with van der Waals surface area (Å²) in [5.74, 6) is 2.00. The molecule has 0 radical (unpaired) electrons. The van der Waals surface area contributed by atoms with Crippen LogP contribution in [-0.4, -0.2) is 103 Å². The Bertz CT molecular complexity index is 998. The highest BCUT2D eigenvalue weighted by Crippen LogP contribution is 2.42. The largest absolute Gasteiger partial charge is 0.474 e. The van der Waals surface area contributed by atoms with Gasteiger partial charge >= 0.3 is 0 Å². The standard InChI is InChI=1S/C27H43N7O5S/c28-16-3-1-2-4-17(16)30-20-9-14-12-29-27(36)23(14)26(31-20)32-21-10-18(33-39-21)15-13-40-25-19(35)11-22(38-24(15)25)34-5-7-37-8-6-34/h11,14-18,20-21,23-26,30-33H,1-10,12-13,28H2,(H,29,36)/t14?,15?,16-,17+,18?,20?,21?,23?,24?,25?,26?/m1/s1. The van der Waals surface area contributed by atoms with Gasteiger partial charge in [-0.2, -0.15) is 5.48 Å². The third-order valence-electron chi connectivity index (χ3n) is 9.89. The SMILES string of the molecule is N[C@@H]1CCCC[C@@H]1NC1CC2CNC(=O)C2C(NC2CC(C3CSC4C(=O)C=C(N5CCOCC5)OC43)NO2)N1. The molecule has 40 heavy (non-hydrogen) atoms. The molecular formula is C27H43N7O5S. The molecule has 1 saturated carbocycles. The molecule has 6 heterocycles. The van der Waals surface area contributed by atoms with E-state index in [1.165, 1.54) is 12.8 Å². The van der Waals surface area contributed by atoms with E-state index in [4.69, 9.17) is 20.0 Å². The zero-order valence-electron chi connectivity index (χ0n) is 22.9. The number of ether oxygens (including phenoxy) is 2. The van der Waals surface area contributed by atoms with E-state index in [9.17, 15) is 9.59 Å². The molecule has 13 heteroatoms. The molecule has 11 atom stereocenters. The van der Waals surface area contributed by atoms with Crippen LogP contribution in [0.4, 0.5) is 0 Å². The summed E-state index contributed by atoms with van der Waals surface area (Å²) in [6.45, 7) is 3.46. The molecular weight excluding hydrogens is 534 g/mol. The number of thioether (sulfide) groups is 1. The molecule has 0 spiro atoms. The highest BCUT2D eigenvalue weighted by Gasteiger charge is 2.52. The van der Waals surface area contributed by atoms with Gasteiger partial charge in [0.25, 0.3) is 0 Å². The van der Waals surface area contributed by atoms with Crippen LogP contribution in [0.1, 0.15) is 38.5 Å². The van der Waals surface area contributed by atoms with Gasteiger partial charge in [-0.3, -0.25) is 30.4 Å². The molecule has 0 aromatic carbocycles. The van der Waals surface area contributed by atoms with Crippen LogP contribution in [0.25, 0.3) is 0 Å². The third kappa shape index (κ3) is 5.39. The van der Waals surface area contributed by atoms with Gasteiger partial charge in [-0.1, -0.05) is 12.8 Å². The number of hydroxylamine groups is 1. The molecule has 0 bridgehead atoms. The van der Waals surface area contributed by atoms with Crippen molar-refractivity contribution >= 4 is 23.5 Å². The van der Waals surface area contributed by atoms with Crippen molar-refractivity contribution in [3.8, 4) is 0 Å². The van der Waals surface area contributed by atoms with E-state index in [0.29, 0.717) is 31.7 Å². The Morgan fingerprint density at radius 1 is 1.10 bits per heavy atom. The number of hydrogen-bond acceptors (Lipinski definition) is 12. The lowest BCUT2D eigenvalue weighted by molar-refractivity contribution is -0.126. The average molecular weight is 578 g/mol. The molecule has 1 aliphatic carbocycles. The van der Waals surface area contributed by atoms with E-state index < -0.39 is 0 Å². The van der Waals surface area contributed by atoms with E-state index in [1.807, 2.05) is 0 Å². The van der Waals surface area contributed by atoms with Crippen LogP contribution in [0.15, 0.2) is 12.0 Å². The van der Waals surface area contributed by atoms with Crippen molar-refractivity contribution in [1.29, 1.82) is 0 Å². The molecule has 6 aliphatic heterocycles. The summed E-state index contributed by atoms with van der Waals surface area (Å²) in [5, 5.41) is 14.0. The molecule has 7 N–H and O–H groups in total. The van der Waals surface area contributed by atoms with E-state index in [1.54, 1.807) is 17.8 Å². The molecule has 12 nitrogen and oxygen atoms in total. The summed E-state index contributed by atoms with van der Waals surface area (Å²) in [7, 11) is 0. The molecule has 7 aliphatic rings. The average Bonchev–Trinajstić information content (AvgIpc) is 3.69.